The number of aromatic nitrogens is 3. The maximum absolute atomic E-state index is 12.1. The van der Waals surface area contributed by atoms with Gasteiger partial charge in [0.1, 0.15) is 11.5 Å². The topological polar surface area (TPSA) is 103 Å². The number of nitro groups is 1. The Bertz CT molecular complexity index is 924. The molecule has 0 aliphatic heterocycles. The van der Waals surface area contributed by atoms with Crippen LogP contribution in [0.1, 0.15) is 10.7 Å². The van der Waals surface area contributed by atoms with Crippen LogP contribution in [0.5, 0.6) is 0 Å². The van der Waals surface area contributed by atoms with E-state index >= 15 is 0 Å². The molecule has 0 saturated heterocycles. The molecule has 3 rings (SSSR count). The summed E-state index contributed by atoms with van der Waals surface area (Å²) in [5, 5.41) is 24.5. The first-order chi connectivity index (χ1) is 12.5. The van der Waals surface area contributed by atoms with Crippen molar-refractivity contribution in [3.63, 3.8) is 0 Å². The zero-order valence-electron chi connectivity index (χ0n) is 13.8. The largest absolute Gasteiger partial charge is 0.320 e. The van der Waals surface area contributed by atoms with E-state index in [1.165, 1.54) is 28.8 Å². The zero-order chi connectivity index (χ0) is 18.5. The highest BCUT2D eigenvalue weighted by Crippen LogP contribution is 2.24. The summed E-state index contributed by atoms with van der Waals surface area (Å²) in [4.78, 5) is 23.8. The Balaban J connectivity index is 1.60. The molecule has 2 heterocycles. The average molecular weight is 389 g/mol. The van der Waals surface area contributed by atoms with E-state index in [9.17, 15) is 14.9 Å². The molecule has 0 saturated carbocycles. The van der Waals surface area contributed by atoms with Crippen molar-refractivity contribution in [1.82, 2.24) is 14.8 Å². The lowest BCUT2D eigenvalue weighted by Gasteiger charge is -2.06. The minimum absolute atomic E-state index is 0.0804. The van der Waals surface area contributed by atoms with Crippen LogP contribution >= 0.6 is 23.1 Å². The van der Waals surface area contributed by atoms with Crippen LogP contribution in [-0.4, -0.2) is 31.3 Å². The summed E-state index contributed by atoms with van der Waals surface area (Å²) in [7, 11) is 1.85. The smallest absolute Gasteiger partial charge is 0.292 e. The molecule has 134 valence electrons. The monoisotopic (exact) mass is 389 g/mol. The third-order valence-electron chi connectivity index (χ3n) is 3.54. The van der Waals surface area contributed by atoms with Gasteiger partial charge in [-0.05, 0) is 17.5 Å². The summed E-state index contributed by atoms with van der Waals surface area (Å²) in [6, 6.07) is 10.1. The van der Waals surface area contributed by atoms with Crippen LogP contribution in [0, 0.1) is 10.1 Å². The molecule has 0 aliphatic rings. The molecule has 3 aromatic rings. The van der Waals surface area contributed by atoms with E-state index in [4.69, 9.17) is 0 Å². The van der Waals surface area contributed by atoms with Gasteiger partial charge in [0.15, 0.2) is 5.16 Å². The number of benzene rings is 1. The number of para-hydroxylation sites is 2. The molecule has 26 heavy (non-hydrogen) atoms. The fourth-order valence-electron chi connectivity index (χ4n) is 2.25. The molecule has 0 fully saturated rings. The van der Waals surface area contributed by atoms with Gasteiger partial charge in [0.05, 0.1) is 10.7 Å². The third kappa shape index (κ3) is 4.27. The summed E-state index contributed by atoms with van der Waals surface area (Å²) in [5.41, 5.74) is 0.0437. The van der Waals surface area contributed by atoms with Crippen LogP contribution < -0.4 is 5.32 Å². The minimum Gasteiger partial charge on any atom is -0.320 e. The van der Waals surface area contributed by atoms with Crippen LogP contribution in [0.4, 0.5) is 11.4 Å². The molecule has 0 atom stereocenters. The van der Waals surface area contributed by atoms with Crippen molar-refractivity contribution < 1.29 is 9.72 Å². The lowest BCUT2D eigenvalue weighted by atomic mass is 10.2. The van der Waals surface area contributed by atoms with Crippen molar-refractivity contribution in [1.29, 1.82) is 0 Å². The van der Waals surface area contributed by atoms with Crippen molar-refractivity contribution in [2.24, 2.45) is 7.05 Å². The van der Waals surface area contributed by atoms with E-state index in [2.05, 4.69) is 15.5 Å². The predicted octanol–water partition coefficient (Wildman–Crippen LogP) is 3.11. The van der Waals surface area contributed by atoms with E-state index in [0.717, 1.165) is 5.82 Å². The fraction of sp³-hybridized carbons (Fsp3) is 0.188. The number of carbonyl (C=O) groups is 1. The molecule has 2 aromatic heterocycles. The number of anilines is 1. The summed E-state index contributed by atoms with van der Waals surface area (Å²) in [6.45, 7) is 0. The van der Waals surface area contributed by atoms with Crippen LogP contribution in [0.25, 0.3) is 0 Å². The number of thioether (sulfide) groups is 1. The van der Waals surface area contributed by atoms with E-state index in [0.29, 0.717) is 11.6 Å². The Morgan fingerprint density at radius 2 is 2.12 bits per heavy atom. The zero-order valence-corrected chi connectivity index (χ0v) is 15.4. The van der Waals surface area contributed by atoms with Gasteiger partial charge in [-0.25, -0.2) is 0 Å². The summed E-state index contributed by atoms with van der Waals surface area (Å²) in [5.74, 6) is 0.554. The van der Waals surface area contributed by atoms with Gasteiger partial charge in [-0.3, -0.25) is 14.9 Å². The number of nitrogens with zero attached hydrogens (tertiary/aromatic N) is 4. The highest BCUT2D eigenvalue weighted by atomic mass is 32.2. The van der Waals surface area contributed by atoms with Gasteiger partial charge in [-0.2, -0.15) is 0 Å². The molecular formula is C16H15N5O3S2. The SMILES string of the molecule is Cn1c(Cc2cccs2)nnc1SCC(=O)Nc1ccccc1[N+](=O)[O-]. The third-order valence-corrected chi connectivity index (χ3v) is 5.44. The summed E-state index contributed by atoms with van der Waals surface area (Å²) in [6.07, 6.45) is 0.685. The fourth-order valence-corrected chi connectivity index (χ4v) is 3.68. The Kier molecular flexibility index (Phi) is 5.64. The second-order valence-electron chi connectivity index (χ2n) is 5.33. The summed E-state index contributed by atoms with van der Waals surface area (Å²) >= 11 is 2.88. The van der Waals surface area contributed by atoms with Gasteiger partial charge in [-0.1, -0.05) is 30.0 Å². The second-order valence-corrected chi connectivity index (χ2v) is 7.30. The van der Waals surface area contributed by atoms with Gasteiger partial charge in [0.25, 0.3) is 5.69 Å². The maximum Gasteiger partial charge on any atom is 0.292 e. The van der Waals surface area contributed by atoms with Crippen molar-refractivity contribution in [3.8, 4) is 0 Å². The molecule has 0 unspecified atom stereocenters. The van der Waals surface area contributed by atoms with Gasteiger partial charge in [-0.15, -0.1) is 21.5 Å². The predicted molar refractivity (Wildman–Crippen MR) is 101 cm³/mol. The molecule has 1 aromatic carbocycles. The van der Waals surface area contributed by atoms with Crippen molar-refractivity contribution in [3.05, 3.63) is 62.6 Å². The Hall–Kier alpha value is -2.72. The highest BCUT2D eigenvalue weighted by molar-refractivity contribution is 7.99. The van der Waals surface area contributed by atoms with E-state index < -0.39 is 4.92 Å². The molecule has 1 N–H and O–H groups in total. The number of amides is 1. The number of nitro benzene ring substituents is 1. The van der Waals surface area contributed by atoms with Crippen LogP contribution in [0.3, 0.4) is 0 Å². The van der Waals surface area contributed by atoms with E-state index in [-0.39, 0.29) is 23.0 Å². The van der Waals surface area contributed by atoms with Crippen molar-refractivity contribution in [2.45, 2.75) is 11.6 Å². The molecule has 1 amide bonds. The van der Waals surface area contributed by atoms with Gasteiger partial charge in [0.2, 0.25) is 5.91 Å². The summed E-state index contributed by atoms with van der Waals surface area (Å²) < 4.78 is 1.85. The number of hydrogen-bond donors (Lipinski definition) is 1. The molecule has 0 spiro atoms. The van der Waals surface area contributed by atoms with E-state index in [1.807, 2.05) is 29.1 Å². The maximum atomic E-state index is 12.1. The molecular weight excluding hydrogens is 374 g/mol. The van der Waals surface area contributed by atoms with E-state index in [1.54, 1.807) is 23.5 Å². The number of carbonyl (C=O) groups excluding carboxylic acids is 1. The van der Waals surface area contributed by atoms with Crippen LogP contribution in [-0.2, 0) is 18.3 Å². The van der Waals surface area contributed by atoms with Gasteiger partial charge < -0.3 is 9.88 Å². The first kappa shape index (κ1) is 18.1. The molecule has 0 bridgehead atoms. The number of thiophene rings is 1. The standard InChI is InChI=1S/C16H15N5O3S2/c1-20-14(9-11-5-4-8-25-11)18-19-16(20)26-10-15(22)17-12-6-2-3-7-13(12)21(23)24/h2-8H,9-10H2,1H3,(H,17,22). The Labute approximate surface area is 157 Å². The number of rotatable bonds is 7. The lowest BCUT2D eigenvalue weighted by Crippen LogP contribution is -2.15. The lowest BCUT2D eigenvalue weighted by molar-refractivity contribution is -0.383. The average Bonchev–Trinajstić information content (AvgIpc) is 3.25. The number of nitrogens with one attached hydrogen (secondary N) is 1. The molecule has 8 nitrogen and oxygen atoms in total. The molecule has 0 radical (unpaired) electrons. The normalized spacial score (nSPS) is 10.7. The first-order valence-corrected chi connectivity index (χ1v) is 9.48. The van der Waals surface area contributed by atoms with Gasteiger partial charge >= 0.3 is 0 Å². The quantitative estimate of drug-likeness (QED) is 0.378. The second kappa shape index (κ2) is 8.11. The van der Waals surface area contributed by atoms with Crippen LogP contribution in [0.15, 0.2) is 46.9 Å². The minimum atomic E-state index is -0.526. The van der Waals surface area contributed by atoms with Crippen molar-refractivity contribution in [2.75, 3.05) is 11.1 Å². The Morgan fingerprint density at radius 3 is 2.85 bits per heavy atom. The highest BCUT2D eigenvalue weighted by Gasteiger charge is 2.16. The molecule has 0 aliphatic carbocycles. The van der Waals surface area contributed by atoms with Crippen LogP contribution in [0.2, 0.25) is 0 Å². The number of hydrogen-bond acceptors (Lipinski definition) is 7. The Morgan fingerprint density at radius 1 is 1.31 bits per heavy atom. The molecule has 10 heteroatoms. The van der Waals surface area contributed by atoms with Gasteiger partial charge in [0, 0.05) is 24.4 Å². The van der Waals surface area contributed by atoms with Crippen molar-refractivity contribution >= 4 is 40.4 Å². The first-order valence-electron chi connectivity index (χ1n) is 7.61.